The van der Waals surface area contributed by atoms with Crippen LogP contribution in [0.25, 0.3) is 11.4 Å². The van der Waals surface area contributed by atoms with Crippen LogP contribution in [0, 0.1) is 0 Å². The van der Waals surface area contributed by atoms with Crippen LogP contribution in [0.15, 0.2) is 60.7 Å². The molecule has 1 fully saturated rings. The third-order valence-corrected chi connectivity index (χ3v) is 5.16. The number of aromatic nitrogens is 3. The van der Waals surface area contributed by atoms with Gasteiger partial charge in [-0.05, 0) is 49.2 Å². The second kappa shape index (κ2) is 6.96. The first-order valence-electron chi connectivity index (χ1n) is 9.60. The van der Waals surface area contributed by atoms with Crippen LogP contribution in [0.3, 0.4) is 0 Å². The SMILES string of the molecule is O=C(Nc1cccc(-c2n[nH]c(C3CC3)n2)c1)c1ccc(N2CC=CC2)cc1. The summed E-state index contributed by atoms with van der Waals surface area (Å²) in [5.74, 6) is 2.03. The Morgan fingerprint density at radius 1 is 1.07 bits per heavy atom. The molecule has 1 aliphatic carbocycles. The van der Waals surface area contributed by atoms with Gasteiger partial charge in [0.25, 0.3) is 5.91 Å². The number of carbonyl (C=O) groups excluding carboxylic acids is 1. The molecular formula is C22H21N5O. The smallest absolute Gasteiger partial charge is 0.255 e. The second-order valence-corrected chi connectivity index (χ2v) is 7.28. The number of anilines is 2. The van der Waals surface area contributed by atoms with E-state index in [1.807, 2.05) is 48.5 Å². The molecular weight excluding hydrogens is 350 g/mol. The number of benzene rings is 2. The lowest BCUT2D eigenvalue weighted by molar-refractivity contribution is 0.102. The van der Waals surface area contributed by atoms with Crippen molar-refractivity contribution in [1.82, 2.24) is 15.2 Å². The van der Waals surface area contributed by atoms with E-state index in [1.165, 1.54) is 12.8 Å². The number of hydrogen-bond acceptors (Lipinski definition) is 4. The number of nitrogens with one attached hydrogen (secondary N) is 2. The van der Waals surface area contributed by atoms with Crippen molar-refractivity contribution in [3.05, 3.63) is 72.1 Å². The predicted molar refractivity (Wildman–Crippen MR) is 110 cm³/mol. The molecule has 3 aromatic rings. The number of rotatable bonds is 5. The number of amides is 1. The molecule has 1 aliphatic heterocycles. The summed E-state index contributed by atoms with van der Waals surface area (Å²) in [7, 11) is 0. The molecule has 2 heterocycles. The zero-order valence-electron chi connectivity index (χ0n) is 15.4. The average molecular weight is 371 g/mol. The zero-order valence-corrected chi connectivity index (χ0v) is 15.4. The number of H-pyrrole nitrogens is 1. The van der Waals surface area contributed by atoms with Crippen LogP contribution in [0.5, 0.6) is 0 Å². The summed E-state index contributed by atoms with van der Waals surface area (Å²) >= 11 is 0. The van der Waals surface area contributed by atoms with E-state index in [1.54, 1.807) is 0 Å². The minimum absolute atomic E-state index is 0.128. The van der Waals surface area contributed by atoms with E-state index in [0.29, 0.717) is 17.3 Å². The topological polar surface area (TPSA) is 73.9 Å². The lowest BCUT2D eigenvalue weighted by Crippen LogP contribution is -2.18. The van der Waals surface area contributed by atoms with Crippen molar-refractivity contribution in [2.24, 2.45) is 0 Å². The van der Waals surface area contributed by atoms with Gasteiger partial charge in [-0.15, -0.1) is 0 Å². The average Bonchev–Trinajstić information content (AvgIpc) is 3.22. The summed E-state index contributed by atoms with van der Waals surface area (Å²) < 4.78 is 0. The summed E-state index contributed by atoms with van der Waals surface area (Å²) in [6.45, 7) is 1.84. The number of carbonyl (C=O) groups is 1. The summed E-state index contributed by atoms with van der Waals surface area (Å²) in [5, 5.41) is 10.3. The van der Waals surface area contributed by atoms with Crippen LogP contribution in [-0.4, -0.2) is 34.2 Å². The Labute approximate surface area is 163 Å². The summed E-state index contributed by atoms with van der Waals surface area (Å²) in [6.07, 6.45) is 6.65. The van der Waals surface area contributed by atoms with E-state index in [9.17, 15) is 4.79 Å². The summed E-state index contributed by atoms with van der Waals surface area (Å²) in [6, 6.07) is 15.4. The number of hydrogen-bond donors (Lipinski definition) is 2. The highest BCUT2D eigenvalue weighted by Gasteiger charge is 2.27. The van der Waals surface area contributed by atoms with E-state index in [-0.39, 0.29) is 5.91 Å². The van der Waals surface area contributed by atoms with Crippen molar-refractivity contribution in [2.75, 3.05) is 23.3 Å². The van der Waals surface area contributed by atoms with Crippen LogP contribution in [-0.2, 0) is 0 Å². The molecule has 28 heavy (non-hydrogen) atoms. The van der Waals surface area contributed by atoms with Gasteiger partial charge in [0.1, 0.15) is 5.82 Å². The van der Waals surface area contributed by atoms with Gasteiger partial charge < -0.3 is 10.2 Å². The lowest BCUT2D eigenvalue weighted by Gasteiger charge is -2.17. The molecule has 1 saturated carbocycles. The van der Waals surface area contributed by atoms with Crippen LogP contribution >= 0.6 is 0 Å². The Balaban J connectivity index is 1.29. The van der Waals surface area contributed by atoms with Crippen LogP contribution in [0.1, 0.15) is 34.9 Å². The maximum atomic E-state index is 12.6. The molecule has 5 rings (SSSR count). The molecule has 0 bridgehead atoms. The van der Waals surface area contributed by atoms with Gasteiger partial charge in [0.05, 0.1) is 0 Å². The van der Waals surface area contributed by atoms with Gasteiger partial charge in [-0.1, -0.05) is 24.3 Å². The van der Waals surface area contributed by atoms with E-state index >= 15 is 0 Å². The van der Waals surface area contributed by atoms with Gasteiger partial charge in [-0.3, -0.25) is 9.89 Å². The normalized spacial score (nSPS) is 15.8. The molecule has 6 heteroatoms. The standard InChI is InChI=1S/C22H21N5O/c28-22(16-8-10-19(11-9-16)27-12-1-2-13-27)23-18-5-3-4-17(14-18)21-24-20(25-26-21)15-6-7-15/h1-5,8-11,14-15H,6-7,12-13H2,(H,23,28)(H,24,25,26). The molecule has 2 N–H and O–H groups in total. The first-order chi connectivity index (χ1) is 13.8. The van der Waals surface area contributed by atoms with Gasteiger partial charge in [0, 0.05) is 41.5 Å². The fourth-order valence-corrected chi connectivity index (χ4v) is 3.39. The zero-order chi connectivity index (χ0) is 18.9. The Kier molecular flexibility index (Phi) is 4.16. The molecule has 1 amide bonds. The third-order valence-electron chi connectivity index (χ3n) is 5.16. The molecule has 140 valence electrons. The van der Waals surface area contributed by atoms with Gasteiger partial charge >= 0.3 is 0 Å². The highest BCUT2D eigenvalue weighted by molar-refractivity contribution is 6.04. The minimum atomic E-state index is -0.128. The van der Waals surface area contributed by atoms with E-state index < -0.39 is 0 Å². The molecule has 6 nitrogen and oxygen atoms in total. The Bertz CT molecular complexity index is 1030. The fourth-order valence-electron chi connectivity index (χ4n) is 3.39. The number of aromatic amines is 1. The van der Waals surface area contributed by atoms with Crippen molar-refractivity contribution in [1.29, 1.82) is 0 Å². The van der Waals surface area contributed by atoms with E-state index in [4.69, 9.17) is 0 Å². The van der Waals surface area contributed by atoms with E-state index in [2.05, 4.69) is 37.6 Å². The highest BCUT2D eigenvalue weighted by atomic mass is 16.1. The first-order valence-corrected chi connectivity index (χ1v) is 9.60. The molecule has 0 atom stereocenters. The quantitative estimate of drug-likeness (QED) is 0.666. The summed E-state index contributed by atoms with van der Waals surface area (Å²) in [4.78, 5) is 19.4. The minimum Gasteiger partial charge on any atom is -0.364 e. The van der Waals surface area contributed by atoms with Crippen molar-refractivity contribution in [3.63, 3.8) is 0 Å². The van der Waals surface area contributed by atoms with E-state index in [0.717, 1.165) is 35.9 Å². The van der Waals surface area contributed by atoms with Crippen LogP contribution in [0.4, 0.5) is 11.4 Å². The van der Waals surface area contributed by atoms with Gasteiger partial charge in [-0.25, -0.2) is 4.98 Å². The molecule has 0 saturated heterocycles. The maximum absolute atomic E-state index is 12.6. The summed E-state index contributed by atoms with van der Waals surface area (Å²) in [5.41, 5.74) is 3.38. The Hall–Kier alpha value is -3.41. The van der Waals surface area contributed by atoms with Crippen LogP contribution < -0.4 is 10.2 Å². The van der Waals surface area contributed by atoms with Crippen molar-refractivity contribution in [2.45, 2.75) is 18.8 Å². The van der Waals surface area contributed by atoms with Crippen molar-refractivity contribution in [3.8, 4) is 11.4 Å². The Morgan fingerprint density at radius 3 is 2.61 bits per heavy atom. The predicted octanol–water partition coefficient (Wildman–Crippen LogP) is 3.98. The van der Waals surface area contributed by atoms with Gasteiger partial charge in [0.2, 0.25) is 0 Å². The Morgan fingerprint density at radius 2 is 1.86 bits per heavy atom. The second-order valence-electron chi connectivity index (χ2n) is 7.28. The monoisotopic (exact) mass is 371 g/mol. The molecule has 1 aromatic heterocycles. The number of nitrogens with zero attached hydrogens (tertiary/aromatic N) is 3. The molecule has 0 unspecified atom stereocenters. The molecule has 0 spiro atoms. The molecule has 0 radical (unpaired) electrons. The van der Waals surface area contributed by atoms with Crippen molar-refractivity contribution < 1.29 is 4.79 Å². The molecule has 2 aromatic carbocycles. The van der Waals surface area contributed by atoms with Crippen LogP contribution in [0.2, 0.25) is 0 Å². The fraction of sp³-hybridized carbons (Fsp3) is 0.227. The van der Waals surface area contributed by atoms with Gasteiger partial charge in [0.15, 0.2) is 5.82 Å². The maximum Gasteiger partial charge on any atom is 0.255 e. The van der Waals surface area contributed by atoms with Crippen molar-refractivity contribution >= 4 is 17.3 Å². The largest absolute Gasteiger partial charge is 0.364 e. The first kappa shape index (κ1) is 16.7. The van der Waals surface area contributed by atoms with Gasteiger partial charge in [-0.2, -0.15) is 5.10 Å². The third kappa shape index (κ3) is 3.41. The highest BCUT2D eigenvalue weighted by Crippen LogP contribution is 2.38. The molecule has 2 aliphatic rings. The lowest BCUT2D eigenvalue weighted by atomic mass is 10.1.